The molecule has 7 heteroatoms. The predicted molar refractivity (Wildman–Crippen MR) is 89.6 cm³/mol. The second-order valence-corrected chi connectivity index (χ2v) is 6.36. The molecule has 0 saturated heterocycles. The topological polar surface area (TPSA) is 72.7 Å². The Morgan fingerprint density at radius 2 is 2.26 bits per heavy atom. The Labute approximate surface area is 140 Å². The lowest BCUT2D eigenvalue weighted by atomic mass is 10.2. The normalized spacial score (nSPS) is 14.1. The van der Waals surface area contributed by atoms with Gasteiger partial charge in [-0.2, -0.15) is 0 Å². The van der Waals surface area contributed by atoms with Crippen LogP contribution in [0.3, 0.4) is 0 Å². The first-order valence-corrected chi connectivity index (χ1v) is 9.20. The first-order valence-electron chi connectivity index (χ1n) is 7.97. The van der Waals surface area contributed by atoms with Gasteiger partial charge in [0.05, 0.1) is 5.56 Å². The zero-order valence-electron chi connectivity index (χ0n) is 13.3. The molecule has 1 aliphatic rings. The molecule has 23 heavy (non-hydrogen) atoms. The van der Waals surface area contributed by atoms with Gasteiger partial charge in [0.2, 0.25) is 0 Å². The standard InChI is InChI=1S/C16H21N5OS/c1-23-16-12(6-5-9-18-16)15(22)17-10-8-14-20-19-13-7-3-2-4-11-21(13)14/h5-6,9H,2-4,7-8,10-11H2,1H3,(H,17,22). The maximum absolute atomic E-state index is 12.3. The summed E-state index contributed by atoms with van der Waals surface area (Å²) >= 11 is 1.48. The van der Waals surface area contributed by atoms with Crippen LogP contribution in [0.4, 0.5) is 0 Å². The van der Waals surface area contributed by atoms with Crippen molar-refractivity contribution < 1.29 is 4.79 Å². The SMILES string of the molecule is CSc1ncccc1C(=O)NCCc1nnc2n1CCCCC2. The van der Waals surface area contributed by atoms with E-state index in [1.54, 1.807) is 18.3 Å². The average molecular weight is 331 g/mol. The zero-order chi connectivity index (χ0) is 16.1. The van der Waals surface area contributed by atoms with Crippen LogP contribution in [-0.2, 0) is 19.4 Å². The van der Waals surface area contributed by atoms with Gasteiger partial charge in [-0.1, -0.05) is 6.42 Å². The lowest BCUT2D eigenvalue weighted by Crippen LogP contribution is -2.27. The van der Waals surface area contributed by atoms with Gasteiger partial charge in [-0.25, -0.2) is 4.98 Å². The maximum Gasteiger partial charge on any atom is 0.254 e. The molecule has 1 amide bonds. The number of pyridine rings is 1. The number of carbonyl (C=O) groups is 1. The molecule has 1 aliphatic heterocycles. The number of aromatic nitrogens is 4. The minimum Gasteiger partial charge on any atom is -0.352 e. The van der Waals surface area contributed by atoms with E-state index in [2.05, 4.69) is 25.1 Å². The quantitative estimate of drug-likeness (QED) is 0.850. The fraction of sp³-hybridized carbons (Fsp3) is 0.500. The number of thioether (sulfide) groups is 1. The van der Waals surface area contributed by atoms with Gasteiger partial charge in [-0.3, -0.25) is 4.79 Å². The van der Waals surface area contributed by atoms with Crippen LogP contribution >= 0.6 is 11.8 Å². The summed E-state index contributed by atoms with van der Waals surface area (Å²) in [6, 6.07) is 3.59. The molecule has 0 spiro atoms. The highest BCUT2D eigenvalue weighted by atomic mass is 32.2. The molecule has 0 aromatic carbocycles. The molecule has 0 bridgehead atoms. The highest BCUT2D eigenvalue weighted by Gasteiger charge is 2.15. The van der Waals surface area contributed by atoms with Crippen LogP contribution < -0.4 is 5.32 Å². The number of fused-ring (bicyclic) bond motifs is 1. The number of amides is 1. The number of carbonyl (C=O) groups excluding carboxylic acids is 1. The van der Waals surface area contributed by atoms with Gasteiger partial charge in [-0.15, -0.1) is 22.0 Å². The molecule has 0 radical (unpaired) electrons. The van der Waals surface area contributed by atoms with Crippen LogP contribution in [0.2, 0.25) is 0 Å². The number of hydrogen-bond acceptors (Lipinski definition) is 5. The molecule has 3 rings (SSSR count). The van der Waals surface area contributed by atoms with Crippen molar-refractivity contribution in [1.29, 1.82) is 0 Å². The third-order valence-corrected chi connectivity index (χ3v) is 4.74. The Hall–Kier alpha value is -1.89. The molecule has 6 nitrogen and oxygen atoms in total. The largest absolute Gasteiger partial charge is 0.352 e. The number of rotatable bonds is 5. The van der Waals surface area contributed by atoms with Gasteiger partial charge in [0, 0.05) is 32.1 Å². The summed E-state index contributed by atoms with van der Waals surface area (Å²) < 4.78 is 2.22. The van der Waals surface area contributed by atoms with Gasteiger partial charge in [0.15, 0.2) is 0 Å². The molecule has 2 aromatic heterocycles. The Morgan fingerprint density at radius 1 is 1.35 bits per heavy atom. The van der Waals surface area contributed by atoms with Crippen molar-refractivity contribution in [2.45, 2.75) is 43.7 Å². The smallest absolute Gasteiger partial charge is 0.254 e. The summed E-state index contributed by atoms with van der Waals surface area (Å²) in [6.45, 7) is 1.55. The second kappa shape index (κ2) is 7.59. The number of hydrogen-bond donors (Lipinski definition) is 1. The molecule has 3 heterocycles. The minimum atomic E-state index is -0.0851. The van der Waals surface area contributed by atoms with Gasteiger partial charge in [0.1, 0.15) is 16.7 Å². The summed E-state index contributed by atoms with van der Waals surface area (Å²) in [7, 11) is 0. The van der Waals surface area contributed by atoms with Crippen molar-refractivity contribution in [1.82, 2.24) is 25.1 Å². The third-order valence-electron chi connectivity index (χ3n) is 4.03. The zero-order valence-corrected chi connectivity index (χ0v) is 14.1. The first kappa shape index (κ1) is 16.0. The minimum absolute atomic E-state index is 0.0851. The van der Waals surface area contributed by atoms with Crippen LogP contribution in [0.5, 0.6) is 0 Å². The van der Waals surface area contributed by atoms with Crippen molar-refractivity contribution in [2.75, 3.05) is 12.8 Å². The fourth-order valence-electron chi connectivity index (χ4n) is 2.84. The average Bonchev–Trinajstić information content (AvgIpc) is 2.81. The Balaban J connectivity index is 1.59. The predicted octanol–water partition coefficient (Wildman–Crippen LogP) is 2.09. The molecule has 0 atom stereocenters. The van der Waals surface area contributed by atoms with Gasteiger partial charge in [-0.05, 0) is 31.2 Å². The van der Waals surface area contributed by atoms with E-state index in [1.165, 1.54) is 31.0 Å². The summed E-state index contributed by atoms with van der Waals surface area (Å²) in [5.74, 6) is 1.97. The molecule has 1 N–H and O–H groups in total. The van der Waals surface area contributed by atoms with E-state index in [4.69, 9.17) is 0 Å². The summed E-state index contributed by atoms with van der Waals surface area (Å²) in [6.07, 6.45) is 8.95. The van der Waals surface area contributed by atoms with E-state index in [1.807, 2.05) is 6.26 Å². The van der Waals surface area contributed by atoms with Gasteiger partial charge >= 0.3 is 0 Å². The highest BCUT2D eigenvalue weighted by molar-refractivity contribution is 7.98. The Morgan fingerprint density at radius 3 is 3.13 bits per heavy atom. The lowest BCUT2D eigenvalue weighted by Gasteiger charge is -2.09. The van der Waals surface area contributed by atoms with Crippen LogP contribution in [0.25, 0.3) is 0 Å². The van der Waals surface area contributed by atoms with Crippen LogP contribution in [0.1, 0.15) is 41.3 Å². The second-order valence-electron chi connectivity index (χ2n) is 5.56. The molecule has 0 saturated carbocycles. The molecule has 0 fully saturated rings. The van der Waals surface area contributed by atoms with Crippen molar-refractivity contribution in [3.05, 3.63) is 35.5 Å². The van der Waals surface area contributed by atoms with Crippen molar-refractivity contribution in [3.8, 4) is 0 Å². The van der Waals surface area contributed by atoms with Gasteiger partial charge < -0.3 is 9.88 Å². The summed E-state index contributed by atoms with van der Waals surface area (Å²) in [5.41, 5.74) is 0.625. The van der Waals surface area contributed by atoms with E-state index in [0.717, 1.165) is 29.6 Å². The monoisotopic (exact) mass is 331 g/mol. The van der Waals surface area contributed by atoms with E-state index >= 15 is 0 Å². The van der Waals surface area contributed by atoms with Crippen molar-refractivity contribution in [2.24, 2.45) is 0 Å². The highest BCUT2D eigenvalue weighted by Crippen LogP contribution is 2.17. The molecular formula is C16H21N5OS. The van der Waals surface area contributed by atoms with Crippen molar-refractivity contribution in [3.63, 3.8) is 0 Å². The molecule has 0 aliphatic carbocycles. The van der Waals surface area contributed by atoms with E-state index < -0.39 is 0 Å². The molecule has 122 valence electrons. The third kappa shape index (κ3) is 3.72. The van der Waals surface area contributed by atoms with E-state index in [0.29, 0.717) is 18.5 Å². The van der Waals surface area contributed by atoms with Gasteiger partial charge in [0.25, 0.3) is 5.91 Å². The number of nitrogens with one attached hydrogen (secondary N) is 1. The number of aryl methyl sites for hydroxylation is 1. The molecule has 0 unspecified atom stereocenters. The summed E-state index contributed by atoms with van der Waals surface area (Å²) in [5, 5.41) is 12.3. The molecule has 2 aromatic rings. The van der Waals surface area contributed by atoms with Crippen LogP contribution in [-0.4, -0.2) is 38.5 Å². The number of nitrogens with zero attached hydrogens (tertiary/aromatic N) is 4. The van der Waals surface area contributed by atoms with E-state index in [9.17, 15) is 4.79 Å². The van der Waals surface area contributed by atoms with Crippen LogP contribution in [0, 0.1) is 0 Å². The first-order chi connectivity index (χ1) is 11.3. The maximum atomic E-state index is 12.3. The molecular weight excluding hydrogens is 310 g/mol. The Kier molecular flexibility index (Phi) is 5.27. The van der Waals surface area contributed by atoms with Crippen LogP contribution in [0.15, 0.2) is 23.4 Å². The lowest BCUT2D eigenvalue weighted by molar-refractivity contribution is 0.0950. The van der Waals surface area contributed by atoms with Crippen molar-refractivity contribution >= 4 is 17.7 Å². The van der Waals surface area contributed by atoms with E-state index in [-0.39, 0.29) is 5.91 Å². The summed E-state index contributed by atoms with van der Waals surface area (Å²) in [4.78, 5) is 16.5. The fourth-order valence-corrected chi connectivity index (χ4v) is 3.39. The Bertz CT molecular complexity index is 685.